The molecular formula is C41H70N2O25. The molecule has 4 heterocycles. The zero-order valence-electron chi connectivity index (χ0n) is 38.0. The van der Waals surface area contributed by atoms with Crippen molar-refractivity contribution in [1.82, 2.24) is 10.6 Å². The van der Waals surface area contributed by atoms with Crippen LogP contribution in [0.3, 0.4) is 0 Å². The number of aliphatic hydroxyl groups excluding tert-OH is 12. The number of esters is 1. The molecule has 0 aromatic carbocycles. The van der Waals surface area contributed by atoms with Crippen LogP contribution in [0.1, 0.15) is 71.6 Å². The highest BCUT2D eigenvalue weighted by Crippen LogP contribution is 2.39. The fourth-order valence-electron chi connectivity index (χ4n) is 8.83. The van der Waals surface area contributed by atoms with Gasteiger partial charge in [-0.25, -0.2) is 4.79 Å². The molecule has 0 saturated carbocycles. The summed E-state index contributed by atoms with van der Waals surface area (Å²) >= 11 is 0. The van der Waals surface area contributed by atoms with Crippen molar-refractivity contribution in [2.75, 3.05) is 33.5 Å². The van der Waals surface area contributed by atoms with Gasteiger partial charge in [-0.15, -0.1) is 0 Å². The van der Waals surface area contributed by atoms with Crippen molar-refractivity contribution in [3.8, 4) is 0 Å². The van der Waals surface area contributed by atoms with Gasteiger partial charge in [-0.05, 0) is 12.8 Å². The number of amides is 2. The number of aliphatic hydroxyl groups is 12. The number of hydrogen-bond donors (Lipinski definition) is 15. The van der Waals surface area contributed by atoms with Crippen LogP contribution >= 0.6 is 0 Å². The smallest absolute Gasteiger partial charge is 0.364 e. The average Bonchev–Trinajstić information content (AvgIpc) is 3.30. The fourth-order valence-corrected chi connectivity index (χ4v) is 8.83. The Morgan fingerprint density at radius 1 is 0.647 bits per heavy atom. The van der Waals surface area contributed by atoms with E-state index < -0.39 is 179 Å². The molecule has 0 aliphatic carbocycles. The van der Waals surface area contributed by atoms with E-state index in [1.54, 1.807) is 0 Å². The fraction of sp³-hybridized carbons (Fsp3) is 0.902. The van der Waals surface area contributed by atoms with Crippen LogP contribution in [0.15, 0.2) is 0 Å². The lowest BCUT2D eigenvalue weighted by Crippen LogP contribution is -2.71. The highest BCUT2D eigenvalue weighted by Gasteiger charge is 2.61. The number of aliphatic carboxylic acids is 1. The lowest BCUT2D eigenvalue weighted by atomic mass is 9.88. The standard InChI is InChI=1S/C41H70N2O25/c1-17(48)42-26-19(50)12-41(40(59)60,67-35(26)28(53)20(51)13-44)68-37-30(55)23(15-46)64-39(33(37)58)66-36-27(43-18(2)49)21(10-8-6-4-5-7-9-11-25(52)61-3)62-24(16-47)34(36)65-38-32(57)31(56)29(54)22(14-45)63-38/h19-24,26-39,44-47,50-51,53-58H,4-16H2,1-3H3,(H,42,48)(H,43,49)(H,59,60)/t19-,20+,21-,22-,23+,24+,26+,27-,28+,29-,30-,31+,32-,33+,34+,35+,36+,37-,38-,39-,41-/m0/s1. The van der Waals surface area contributed by atoms with Gasteiger partial charge in [-0.1, -0.05) is 32.1 Å². The van der Waals surface area contributed by atoms with Gasteiger partial charge < -0.3 is 115 Å². The van der Waals surface area contributed by atoms with Crippen molar-refractivity contribution in [3.05, 3.63) is 0 Å². The molecule has 4 aliphatic heterocycles. The third-order valence-electron chi connectivity index (χ3n) is 12.5. The van der Waals surface area contributed by atoms with Gasteiger partial charge in [0.25, 0.3) is 5.79 Å². The van der Waals surface area contributed by atoms with Crippen LogP contribution in [-0.4, -0.2) is 252 Å². The second kappa shape index (κ2) is 26.5. The van der Waals surface area contributed by atoms with E-state index in [4.69, 9.17) is 33.2 Å². The van der Waals surface area contributed by atoms with Crippen LogP contribution in [0, 0.1) is 0 Å². The Balaban J connectivity index is 1.72. The molecule has 21 atom stereocenters. The molecule has 0 aromatic rings. The Kier molecular flexibility index (Phi) is 22.5. The Morgan fingerprint density at radius 3 is 1.75 bits per heavy atom. The van der Waals surface area contributed by atoms with Crippen LogP contribution < -0.4 is 10.6 Å². The first-order valence-electron chi connectivity index (χ1n) is 22.5. The largest absolute Gasteiger partial charge is 0.477 e. The molecule has 15 N–H and O–H groups in total. The van der Waals surface area contributed by atoms with Crippen molar-refractivity contribution < 1.29 is 123 Å². The molecule has 0 unspecified atom stereocenters. The van der Waals surface area contributed by atoms with Gasteiger partial charge in [-0.3, -0.25) is 14.4 Å². The first-order chi connectivity index (χ1) is 32.2. The molecule has 0 spiro atoms. The quantitative estimate of drug-likeness (QED) is 0.0316. The van der Waals surface area contributed by atoms with Gasteiger partial charge in [0, 0.05) is 26.7 Å². The third kappa shape index (κ3) is 14.2. The molecule has 394 valence electrons. The molecule has 4 rings (SSSR count). The summed E-state index contributed by atoms with van der Waals surface area (Å²) in [6, 6.07) is -2.93. The molecule has 4 fully saturated rings. The molecular weight excluding hydrogens is 920 g/mol. The first kappa shape index (κ1) is 57.7. The summed E-state index contributed by atoms with van der Waals surface area (Å²) in [5.74, 6) is -6.92. The Labute approximate surface area is 390 Å². The summed E-state index contributed by atoms with van der Waals surface area (Å²) in [7, 11) is 1.30. The molecule has 0 bridgehead atoms. The zero-order chi connectivity index (χ0) is 50.6. The predicted molar refractivity (Wildman–Crippen MR) is 221 cm³/mol. The van der Waals surface area contributed by atoms with Crippen LogP contribution in [0.25, 0.3) is 0 Å². The van der Waals surface area contributed by atoms with E-state index >= 15 is 0 Å². The van der Waals surface area contributed by atoms with E-state index in [0.717, 1.165) is 33.1 Å². The minimum absolute atomic E-state index is 0.187. The third-order valence-corrected chi connectivity index (χ3v) is 12.5. The van der Waals surface area contributed by atoms with Gasteiger partial charge in [0.1, 0.15) is 85.5 Å². The molecule has 27 nitrogen and oxygen atoms in total. The maximum absolute atomic E-state index is 13.1. The number of unbranched alkanes of at least 4 members (excludes halogenated alkanes) is 5. The number of ether oxygens (including phenoxy) is 8. The van der Waals surface area contributed by atoms with E-state index in [0.29, 0.717) is 19.3 Å². The van der Waals surface area contributed by atoms with Gasteiger partial charge in [0.15, 0.2) is 12.6 Å². The number of rotatable bonds is 24. The second-order valence-corrected chi connectivity index (χ2v) is 17.4. The number of methoxy groups -OCH3 is 1. The van der Waals surface area contributed by atoms with E-state index in [9.17, 15) is 85.6 Å². The summed E-state index contributed by atoms with van der Waals surface area (Å²) < 4.78 is 46.3. The number of carbonyl (C=O) groups is 4. The molecule has 2 amide bonds. The van der Waals surface area contributed by atoms with Crippen LogP contribution in [-0.2, 0) is 57.1 Å². The summed E-state index contributed by atoms with van der Waals surface area (Å²) in [6.45, 7) is -1.68. The normalized spacial score (nSPS) is 39.6. The Bertz CT molecular complexity index is 1600. The van der Waals surface area contributed by atoms with Gasteiger partial charge in [0.05, 0.1) is 57.8 Å². The Hall–Kier alpha value is -2.88. The maximum Gasteiger partial charge on any atom is 0.364 e. The number of carboxylic acid groups (broad SMARTS) is 1. The van der Waals surface area contributed by atoms with Crippen LogP contribution in [0.4, 0.5) is 0 Å². The van der Waals surface area contributed by atoms with E-state index in [1.165, 1.54) is 7.11 Å². The van der Waals surface area contributed by atoms with E-state index in [-0.39, 0.29) is 18.8 Å². The SMILES string of the molecule is COC(=O)CCCCCCCC[C@@H]1O[C@H](CO)[C@@H](O[C@@H]2O[C@@H](CO)[C@H](O)[C@@H](O)[C@@H]2O)[C@H](O[C@@H]2O[C@H](CO)[C@H](O)[C@H](O[C@]3(C(=O)O)C[C@H](O)[C@@H](NC(C)=O)[C@H]([C@H](O)[C@H](O)CO)O3)[C@H]2O)[C@H]1NC(C)=O. The minimum Gasteiger partial charge on any atom is -0.477 e. The summed E-state index contributed by atoms with van der Waals surface area (Å²) in [5, 5.41) is 144. The van der Waals surface area contributed by atoms with Gasteiger partial charge >= 0.3 is 11.9 Å². The van der Waals surface area contributed by atoms with Crippen molar-refractivity contribution in [2.45, 2.75) is 200 Å². The molecule has 4 saturated heterocycles. The number of nitrogens with one attached hydrogen (secondary N) is 2. The number of carbonyl (C=O) groups excluding carboxylic acids is 3. The minimum atomic E-state index is -3.13. The molecule has 27 heteroatoms. The summed E-state index contributed by atoms with van der Waals surface area (Å²) in [5.41, 5.74) is 0. The lowest BCUT2D eigenvalue weighted by molar-refractivity contribution is -0.385. The van der Waals surface area contributed by atoms with Crippen molar-refractivity contribution in [3.63, 3.8) is 0 Å². The average molecular weight is 991 g/mol. The highest BCUT2D eigenvalue weighted by atomic mass is 16.8. The molecule has 68 heavy (non-hydrogen) atoms. The van der Waals surface area contributed by atoms with E-state index in [1.807, 2.05) is 0 Å². The topological polar surface area (TPSA) is 429 Å². The lowest BCUT2D eigenvalue weighted by Gasteiger charge is -2.52. The maximum atomic E-state index is 13.1. The zero-order valence-corrected chi connectivity index (χ0v) is 38.0. The summed E-state index contributed by atoms with van der Waals surface area (Å²) in [6.07, 6.45) is -30.4. The second-order valence-electron chi connectivity index (χ2n) is 17.4. The van der Waals surface area contributed by atoms with Crippen LogP contribution in [0.5, 0.6) is 0 Å². The first-order valence-corrected chi connectivity index (χ1v) is 22.5. The van der Waals surface area contributed by atoms with Crippen LogP contribution in [0.2, 0.25) is 0 Å². The van der Waals surface area contributed by atoms with Crippen molar-refractivity contribution in [1.29, 1.82) is 0 Å². The molecule has 0 aromatic heterocycles. The number of carboxylic acids is 1. The summed E-state index contributed by atoms with van der Waals surface area (Å²) in [4.78, 5) is 49.5. The molecule has 4 aliphatic rings. The highest BCUT2D eigenvalue weighted by molar-refractivity contribution is 5.77. The van der Waals surface area contributed by atoms with E-state index in [2.05, 4.69) is 15.4 Å². The Morgan fingerprint density at radius 2 is 1.19 bits per heavy atom. The number of hydrogen-bond acceptors (Lipinski definition) is 24. The van der Waals surface area contributed by atoms with Crippen molar-refractivity contribution in [2.24, 2.45) is 0 Å². The molecule has 0 radical (unpaired) electrons. The van der Waals surface area contributed by atoms with Crippen molar-refractivity contribution >= 4 is 23.8 Å². The van der Waals surface area contributed by atoms with Gasteiger partial charge in [-0.2, -0.15) is 0 Å². The van der Waals surface area contributed by atoms with Gasteiger partial charge in [0.2, 0.25) is 11.8 Å². The monoisotopic (exact) mass is 990 g/mol. The predicted octanol–water partition coefficient (Wildman–Crippen LogP) is -6.91.